The van der Waals surface area contributed by atoms with Crippen molar-refractivity contribution in [2.45, 2.75) is 12.8 Å². The standard InChI is InChI=1S/C17H13ClF3NO/c18-12-7-5-11(6-8-12)13-9-10-22-16(13)14-3-1-2-4-15(14)23-17(19,20)21/h1-8,22H,9-10H2. The fourth-order valence-electron chi connectivity index (χ4n) is 2.63. The molecule has 2 nitrogen and oxygen atoms in total. The first-order chi connectivity index (χ1) is 10.9. The van der Waals surface area contributed by atoms with Gasteiger partial charge in [0, 0.05) is 22.8 Å². The first-order valence-corrected chi connectivity index (χ1v) is 7.40. The van der Waals surface area contributed by atoms with Crippen LogP contribution >= 0.6 is 11.6 Å². The van der Waals surface area contributed by atoms with Crippen LogP contribution in [0.1, 0.15) is 17.5 Å². The summed E-state index contributed by atoms with van der Waals surface area (Å²) in [6, 6.07) is 13.4. The summed E-state index contributed by atoms with van der Waals surface area (Å²) >= 11 is 5.89. The molecule has 0 aliphatic carbocycles. The molecular formula is C17H13ClF3NO. The van der Waals surface area contributed by atoms with E-state index in [0.717, 1.165) is 17.6 Å². The number of nitrogens with one attached hydrogen (secondary N) is 1. The first kappa shape index (κ1) is 15.7. The zero-order valence-electron chi connectivity index (χ0n) is 12.0. The molecule has 0 saturated carbocycles. The topological polar surface area (TPSA) is 21.3 Å². The van der Waals surface area contributed by atoms with Gasteiger partial charge in [0.15, 0.2) is 0 Å². The second-order valence-electron chi connectivity index (χ2n) is 5.08. The smallest absolute Gasteiger partial charge is 0.405 e. The second-order valence-corrected chi connectivity index (χ2v) is 5.52. The van der Waals surface area contributed by atoms with Crippen LogP contribution in [0.2, 0.25) is 5.02 Å². The number of alkyl halides is 3. The molecule has 1 aliphatic heterocycles. The Balaban J connectivity index is 2.06. The van der Waals surface area contributed by atoms with Gasteiger partial charge in [0.2, 0.25) is 0 Å². The number of hydrogen-bond acceptors (Lipinski definition) is 2. The van der Waals surface area contributed by atoms with E-state index in [-0.39, 0.29) is 5.75 Å². The number of hydrogen-bond donors (Lipinski definition) is 1. The van der Waals surface area contributed by atoms with Gasteiger partial charge < -0.3 is 10.1 Å². The maximum Gasteiger partial charge on any atom is 0.573 e. The molecule has 0 spiro atoms. The van der Waals surface area contributed by atoms with Gasteiger partial charge in [0.25, 0.3) is 0 Å². The third-order valence-electron chi connectivity index (χ3n) is 3.55. The molecule has 2 aromatic rings. The maximum atomic E-state index is 12.6. The predicted molar refractivity (Wildman–Crippen MR) is 84.0 cm³/mol. The minimum absolute atomic E-state index is 0.212. The Morgan fingerprint density at radius 2 is 1.70 bits per heavy atom. The molecule has 0 fully saturated rings. The van der Waals surface area contributed by atoms with Crippen molar-refractivity contribution in [1.29, 1.82) is 0 Å². The number of ether oxygens (including phenoxy) is 1. The summed E-state index contributed by atoms with van der Waals surface area (Å²) in [5.74, 6) is -0.212. The molecule has 2 aromatic carbocycles. The fraction of sp³-hybridized carbons (Fsp3) is 0.176. The molecule has 0 unspecified atom stereocenters. The molecule has 1 N–H and O–H groups in total. The molecule has 1 heterocycles. The molecule has 0 aromatic heterocycles. The lowest BCUT2D eigenvalue weighted by molar-refractivity contribution is -0.274. The molecule has 6 heteroatoms. The van der Waals surface area contributed by atoms with Crippen LogP contribution in [0.25, 0.3) is 11.3 Å². The van der Waals surface area contributed by atoms with E-state index in [4.69, 9.17) is 11.6 Å². The molecule has 23 heavy (non-hydrogen) atoms. The Morgan fingerprint density at radius 3 is 2.39 bits per heavy atom. The maximum absolute atomic E-state index is 12.6. The lowest BCUT2D eigenvalue weighted by Gasteiger charge is -2.15. The summed E-state index contributed by atoms with van der Waals surface area (Å²) in [6.45, 7) is 0.660. The quantitative estimate of drug-likeness (QED) is 0.840. The minimum atomic E-state index is -4.73. The molecule has 1 aliphatic rings. The van der Waals surface area contributed by atoms with E-state index >= 15 is 0 Å². The Labute approximate surface area is 136 Å². The highest BCUT2D eigenvalue weighted by Crippen LogP contribution is 2.37. The van der Waals surface area contributed by atoms with E-state index in [2.05, 4.69) is 10.1 Å². The summed E-state index contributed by atoms with van der Waals surface area (Å²) < 4.78 is 42.0. The largest absolute Gasteiger partial charge is 0.573 e. The molecule has 0 saturated heterocycles. The van der Waals surface area contributed by atoms with Gasteiger partial charge >= 0.3 is 6.36 Å². The lowest BCUT2D eigenvalue weighted by atomic mass is 9.99. The predicted octanol–water partition coefficient (Wildman–Crippen LogP) is 5.10. The Morgan fingerprint density at radius 1 is 1.00 bits per heavy atom. The highest BCUT2D eigenvalue weighted by molar-refractivity contribution is 6.30. The zero-order valence-corrected chi connectivity index (χ0v) is 12.7. The van der Waals surface area contributed by atoms with Crippen LogP contribution in [0.5, 0.6) is 5.75 Å². The molecule has 0 amide bonds. The van der Waals surface area contributed by atoms with Crippen molar-refractivity contribution in [3.63, 3.8) is 0 Å². The van der Waals surface area contributed by atoms with Gasteiger partial charge in [-0.25, -0.2) is 0 Å². The first-order valence-electron chi connectivity index (χ1n) is 7.02. The van der Waals surface area contributed by atoms with Gasteiger partial charge in [-0.15, -0.1) is 13.2 Å². The second kappa shape index (κ2) is 6.16. The van der Waals surface area contributed by atoms with Crippen molar-refractivity contribution < 1.29 is 17.9 Å². The molecule has 3 rings (SSSR count). The van der Waals surface area contributed by atoms with E-state index in [9.17, 15) is 13.2 Å². The average molecular weight is 340 g/mol. The summed E-state index contributed by atoms with van der Waals surface area (Å²) in [4.78, 5) is 0. The zero-order chi connectivity index (χ0) is 16.4. The summed E-state index contributed by atoms with van der Waals surface area (Å²) in [5, 5.41) is 3.78. The molecule has 0 bridgehead atoms. The van der Waals surface area contributed by atoms with Gasteiger partial charge in [-0.05, 0) is 41.8 Å². The van der Waals surface area contributed by atoms with Gasteiger partial charge in [-0.2, -0.15) is 0 Å². The van der Waals surface area contributed by atoms with Crippen molar-refractivity contribution in [3.8, 4) is 5.75 Å². The van der Waals surface area contributed by atoms with Crippen LogP contribution in [-0.2, 0) is 0 Å². The van der Waals surface area contributed by atoms with Gasteiger partial charge in [0.1, 0.15) is 5.75 Å². The van der Waals surface area contributed by atoms with Crippen LogP contribution in [0.15, 0.2) is 48.5 Å². The molecule has 120 valence electrons. The monoisotopic (exact) mass is 339 g/mol. The van der Waals surface area contributed by atoms with Crippen LogP contribution in [0.4, 0.5) is 13.2 Å². The molecule has 0 radical (unpaired) electrons. The lowest BCUT2D eigenvalue weighted by Crippen LogP contribution is -2.19. The highest BCUT2D eigenvalue weighted by Gasteiger charge is 2.33. The van der Waals surface area contributed by atoms with Gasteiger partial charge in [-0.1, -0.05) is 35.9 Å². The normalized spacial score (nSPS) is 14.8. The third-order valence-corrected chi connectivity index (χ3v) is 3.81. The number of rotatable bonds is 3. The van der Waals surface area contributed by atoms with E-state index in [1.165, 1.54) is 12.1 Å². The molecule has 0 atom stereocenters. The van der Waals surface area contributed by atoms with E-state index in [1.54, 1.807) is 24.3 Å². The van der Waals surface area contributed by atoms with E-state index in [1.807, 2.05) is 12.1 Å². The number of para-hydroxylation sites is 1. The summed E-state index contributed by atoms with van der Waals surface area (Å²) in [7, 11) is 0. The summed E-state index contributed by atoms with van der Waals surface area (Å²) in [5.41, 5.74) is 2.93. The van der Waals surface area contributed by atoms with Crippen molar-refractivity contribution in [2.24, 2.45) is 0 Å². The van der Waals surface area contributed by atoms with Crippen molar-refractivity contribution >= 4 is 22.9 Å². The van der Waals surface area contributed by atoms with Crippen molar-refractivity contribution in [3.05, 3.63) is 64.7 Å². The number of benzene rings is 2. The van der Waals surface area contributed by atoms with Crippen LogP contribution < -0.4 is 10.1 Å². The Bertz CT molecular complexity index is 738. The molecular weight excluding hydrogens is 327 g/mol. The van der Waals surface area contributed by atoms with Gasteiger partial charge in [0.05, 0.1) is 0 Å². The van der Waals surface area contributed by atoms with Crippen LogP contribution in [-0.4, -0.2) is 12.9 Å². The van der Waals surface area contributed by atoms with E-state index < -0.39 is 6.36 Å². The minimum Gasteiger partial charge on any atom is -0.405 e. The van der Waals surface area contributed by atoms with Gasteiger partial charge in [-0.3, -0.25) is 0 Å². The van der Waals surface area contributed by atoms with Crippen LogP contribution in [0, 0.1) is 0 Å². The third kappa shape index (κ3) is 3.62. The highest BCUT2D eigenvalue weighted by atomic mass is 35.5. The van der Waals surface area contributed by atoms with Crippen molar-refractivity contribution in [1.82, 2.24) is 5.32 Å². The van der Waals surface area contributed by atoms with E-state index in [0.29, 0.717) is 22.8 Å². The SMILES string of the molecule is FC(F)(F)Oc1ccccc1C1=C(c2ccc(Cl)cc2)CCN1. The summed E-state index contributed by atoms with van der Waals surface area (Å²) in [6.07, 6.45) is -4.01. The average Bonchev–Trinajstić information content (AvgIpc) is 2.96. The fourth-order valence-corrected chi connectivity index (χ4v) is 2.75. The Kier molecular flexibility index (Phi) is 4.22. The Hall–Kier alpha value is -2.14. The number of halogens is 4. The van der Waals surface area contributed by atoms with Crippen LogP contribution in [0.3, 0.4) is 0 Å². The van der Waals surface area contributed by atoms with Crippen molar-refractivity contribution in [2.75, 3.05) is 6.54 Å².